The summed E-state index contributed by atoms with van der Waals surface area (Å²) in [5.74, 6) is 0.738. The molecule has 98 valence electrons. The normalized spacial score (nSPS) is 23.6. The molecule has 1 aromatic heterocycles. The molecule has 4 rings (SSSR count). The molecule has 2 aliphatic rings. The van der Waals surface area contributed by atoms with E-state index in [0.717, 1.165) is 24.4 Å². The Balaban J connectivity index is 1.70. The molecular formula is C16H19N3. The van der Waals surface area contributed by atoms with Gasteiger partial charge in [0, 0.05) is 23.8 Å². The van der Waals surface area contributed by atoms with Gasteiger partial charge in [0.05, 0.1) is 11.6 Å². The Bertz CT molecular complexity index is 649. The summed E-state index contributed by atoms with van der Waals surface area (Å²) >= 11 is 0. The maximum absolute atomic E-state index is 4.72. The minimum absolute atomic E-state index is 0.656. The Morgan fingerprint density at radius 1 is 1.21 bits per heavy atom. The molecule has 2 aromatic rings. The summed E-state index contributed by atoms with van der Waals surface area (Å²) in [5, 5.41) is 5.96. The van der Waals surface area contributed by atoms with E-state index in [1.807, 2.05) is 0 Å². The van der Waals surface area contributed by atoms with Crippen molar-refractivity contribution < 1.29 is 0 Å². The van der Waals surface area contributed by atoms with Gasteiger partial charge in [-0.05, 0) is 43.2 Å². The summed E-state index contributed by atoms with van der Waals surface area (Å²) in [4.78, 5) is 4.72. The van der Waals surface area contributed by atoms with Gasteiger partial charge in [-0.3, -0.25) is 9.67 Å². The molecule has 3 nitrogen and oxygen atoms in total. The quantitative estimate of drug-likeness (QED) is 0.804. The van der Waals surface area contributed by atoms with Gasteiger partial charge in [0.1, 0.15) is 0 Å². The van der Waals surface area contributed by atoms with Crippen LogP contribution in [0, 0.1) is 5.92 Å². The van der Waals surface area contributed by atoms with Crippen molar-refractivity contribution in [1.29, 1.82) is 0 Å². The molecule has 0 radical (unpaired) electrons. The molecular weight excluding hydrogens is 234 g/mol. The van der Waals surface area contributed by atoms with Crippen LogP contribution in [0.25, 0.3) is 10.9 Å². The highest BCUT2D eigenvalue weighted by atomic mass is 15.3. The molecule has 0 unspecified atom stereocenters. The zero-order chi connectivity index (χ0) is 12.8. The first-order chi connectivity index (χ1) is 9.29. The molecule has 19 heavy (non-hydrogen) atoms. The standard InChI is InChI=1S/C16H19N3/c1-11-2-7-15(17-9-11)12-3-4-13-10-19(14-5-6-14)18-16(13)8-12/h3-4,8,10-11,14H,2,5-7,9H2,1H3/t11-/m0/s1. The van der Waals surface area contributed by atoms with Crippen LogP contribution in [0.15, 0.2) is 29.4 Å². The van der Waals surface area contributed by atoms with Gasteiger partial charge < -0.3 is 0 Å². The fourth-order valence-electron chi connectivity index (χ4n) is 2.80. The van der Waals surface area contributed by atoms with Crippen LogP contribution in [0.4, 0.5) is 0 Å². The van der Waals surface area contributed by atoms with E-state index in [0.29, 0.717) is 6.04 Å². The zero-order valence-corrected chi connectivity index (χ0v) is 11.3. The third kappa shape index (κ3) is 2.07. The lowest BCUT2D eigenvalue weighted by atomic mass is 9.95. The second kappa shape index (κ2) is 4.19. The molecule has 3 heteroatoms. The topological polar surface area (TPSA) is 30.2 Å². The molecule has 1 saturated carbocycles. The van der Waals surface area contributed by atoms with Crippen LogP contribution in [0.3, 0.4) is 0 Å². The highest BCUT2D eigenvalue weighted by molar-refractivity contribution is 6.03. The average Bonchev–Trinajstić information content (AvgIpc) is 3.19. The minimum Gasteiger partial charge on any atom is -0.289 e. The number of benzene rings is 1. The molecule has 1 fully saturated rings. The van der Waals surface area contributed by atoms with Crippen molar-refractivity contribution >= 4 is 16.6 Å². The fourth-order valence-corrected chi connectivity index (χ4v) is 2.80. The van der Waals surface area contributed by atoms with Crippen LogP contribution in [-0.4, -0.2) is 22.0 Å². The molecule has 1 atom stereocenters. The number of aliphatic imine (C=N–C) groups is 1. The molecule has 0 saturated heterocycles. The SMILES string of the molecule is C[C@H]1CCC(c2ccc3cn(C4CC4)nc3c2)=NC1. The van der Waals surface area contributed by atoms with Crippen LogP contribution < -0.4 is 0 Å². The predicted octanol–water partition coefficient (Wildman–Crippen LogP) is 3.59. The smallest absolute Gasteiger partial charge is 0.0930 e. The van der Waals surface area contributed by atoms with Crippen molar-refractivity contribution in [3.05, 3.63) is 30.0 Å². The van der Waals surface area contributed by atoms with Gasteiger partial charge in [-0.1, -0.05) is 19.1 Å². The average molecular weight is 253 g/mol. The Hall–Kier alpha value is -1.64. The van der Waals surface area contributed by atoms with E-state index in [4.69, 9.17) is 10.1 Å². The molecule has 0 spiro atoms. The van der Waals surface area contributed by atoms with Crippen molar-refractivity contribution in [3.8, 4) is 0 Å². The highest BCUT2D eigenvalue weighted by Crippen LogP contribution is 2.35. The van der Waals surface area contributed by atoms with Gasteiger partial charge in [0.25, 0.3) is 0 Å². The fraction of sp³-hybridized carbons (Fsp3) is 0.500. The number of aromatic nitrogens is 2. The van der Waals surface area contributed by atoms with Crippen LogP contribution in [0.1, 0.15) is 44.2 Å². The number of nitrogens with zero attached hydrogens (tertiary/aromatic N) is 3. The Kier molecular flexibility index (Phi) is 2.47. The van der Waals surface area contributed by atoms with E-state index in [9.17, 15) is 0 Å². The van der Waals surface area contributed by atoms with Crippen LogP contribution >= 0.6 is 0 Å². The highest BCUT2D eigenvalue weighted by Gasteiger charge is 2.24. The van der Waals surface area contributed by atoms with Crippen LogP contribution in [-0.2, 0) is 0 Å². The van der Waals surface area contributed by atoms with Crippen LogP contribution in [0.5, 0.6) is 0 Å². The van der Waals surface area contributed by atoms with E-state index in [1.165, 1.54) is 35.9 Å². The number of hydrogen-bond donors (Lipinski definition) is 0. The second-order valence-electron chi connectivity index (χ2n) is 6.05. The lowest BCUT2D eigenvalue weighted by molar-refractivity contribution is 0.538. The third-order valence-corrected chi connectivity index (χ3v) is 4.25. The van der Waals surface area contributed by atoms with E-state index in [1.54, 1.807) is 0 Å². The number of rotatable bonds is 2. The first-order valence-electron chi connectivity index (χ1n) is 7.32. The van der Waals surface area contributed by atoms with Gasteiger partial charge >= 0.3 is 0 Å². The summed E-state index contributed by atoms with van der Waals surface area (Å²) in [6.45, 7) is 3.25. The van der Waals surface area contributed by atoms with E-state index in [-0.39, 0.29) is 0 Å². The molecule has 0 N–H and O–H groups in total. The summed E-state index contributed by atoms with van der Waals surface area (Å²) in [6.07, 6.45) is 7.11. The monoisotopic (exact) mass is 253 g/mol. The van der Waals surface area contributed by atoms with Crippen molar-refractivity contribution in [2.24, 2.45) is 10.9 Å². The minimum atomic E-state index is 0.656. The lowest BCUT2D eigenvalue weighted by Crippen LogP contribution is -2.14. The van der Waals surface area contributed by atoms with E-state index >= 15 is 0 Å². The van der Waals surface area contributed by atoms with Gasteiger partial charge in [0.15, 0.2) is 0 Å². The predicted molar refractivity (Wildman–Crippen MR) is 77.8 cm³/mol. The van der Waals surface area contributed by atoms with E-state index in [2.05, 4.69) is 36.0 Å². The molecule has 1 aromatic carbocycles. The van der Waals surface area contributed by atoms with Crippen molar-refractivity contribution in [1.82, 2.24) is 9.78 Å². The van der Waals surface area contributed by atoms with Crippen molar-refractivity contribution in [3.63, 3.8) is 0 Å². The third-order valence-electron chi connectivity index (χ3n) is 4.25. The second-order valence-corrected chi connectivity index (χ2v) is 6.05. The first-order valence-corrected chi connectivity index (χ1v) is 7.32. The summed E-state index contributed by atoms with van der Waals surface area (Å²) < 4.78 is 2.14. The summed E-state index contributed by atoms with van der Waals surface area (Å²) in [6, 6.07) is 7.26. The Morgan fingerprint density at radius 3 is 2.84 bits per heavy atom. The lowest BCUT2D eigenvalue weighted by Gasteiger charge is -2.17. The summed E-state index contributed by atoms with van der Waals surface area (Å²) in [7, 11) is 0. The van der Waals surface area contributed by atoms with Crippen molar-refractivity contribution in [2.45, 2.75) is 38.6 Å². The number of fused-ring (bicyclic) bond motifs is 1. The molecule has 2 heterocycles. The molecule has 1 aliphatic heterocycles. The molecule has 0 bridgehead atoms. The maximum atomic E-state index is 4.72. The van der Waals surface area contributed by atoms with Crippen LogP contribution in [0.2, 0.25) is 0 Å². The molecule has 0 amide bonds. The van der Waals surface area contributed by atoms with Gasteiger partial charge in [-0.15, -0.1) is 0 Å². The van der Waals surface area contributed by atoms with E-state index < -0.39 is 0 Å². The largest absolute Gasteiger partial charge is 0.289 e. The Morgan fingerprint density at radius 2 is 2.11 bits per heavy atom. The maximum Gasteiger partial charge on any atom is 0.0930 e. The van der Waals surface area contributed by atoms with Gasteiger partial charge in [-0.2, -0.15) is 5.10 Å². The Labute approximate surface area is 113 Å². The van der Waals surface area contributed by atoms with Crippen molar-refractivity contribution in [2.75, 3.05) is 6.54 Å². The summed E-state index contributed by atoms with van der Waals surface area (Å²) in [5.41, 5.74) is 3.65. The van der Waals surface area contributed by atoms with Gasteiger partial charge in [0.2, 0.25) is 0 Å². The zero-order valence-electron chi connectivity index (χ0n) is 11.3. The number of hydrogen-bond acceptors (Lipinski definition) is 2. The first kappa shape index (κ1) is 11.2. The molecule has 1 aliphatic carbocycles. The van der Waals surface area contributed by atoms with Gasteiger partial charge in [-0.25, -0.2) is 0 Å².